The second kappa shape index (κ2) is 5.17. The molecule has 0 aromatic heterocycles. The Morgan fingerprint density at radius 3 is 2.79 bits per heavy atom. The number of amides is 2. The van der Waals surface area contributed by atoms with Crippen LogP contribution in [0.15, 0.2) is 18.2 Å². The molecule has 6 nitrogen and oxygen atoms in total. The lowest BCUT2D eigenvalue weighted by atomic mass is 10.1. The Kier molecular flexibility index (Phi) is 3.59. The molecule has 1 heterocycles. The first kappa shape index (κ1) is 13.2. The summed E-state index contributed by atoms with van der Waals surface area (Å²) in [6.07, 6.45) is 1.34. The molecule has 0 radical (unpaired) electrons. The Labute approximate surface area is 110 Å². The molecule has 1 unspecified atom stereocenters. The van der Waals surface area contributed by atoms with E-state index < -0.39 is 17.7 Å². The van der Waals surface area contributed by atoms with Gasteiger partial charge in [0.1, 0.15) is 6.04 Å². The number of carbonyl (C=O) groups excluding carboxylic acids is 2. The van der Waals surface area contributed by atoms with Crippen LogP contribution in [-0.2, 0) is 4.79 Å². The fourth-order valence-corrected chi connectivity index (χ4v) is 2.31. The standard InChI is InChI=1S/C13H16N2O4/c1-14-12(18)9-5-3-7-15(9)13(19)8-4-2-6-10(16)11(8)17/h2,4,6,9,16-17H,3,5,7H2,1H3,(H,14,18). The molecule has 3 N–H and O–H groups in total. The third-order valence-corrected chi connectivity index (χ3v) is 3.31. The first-order valence-corrected chi connectivity index (χ1v) is 6.09. The SMILES string of the molecule is CNC(=O)C1CCCN1C(=O)c1cccc(O)c1O. The Balaban J connectivity index is 2.28. The molecule has 102 valence electrons. The van der Waals surface area contributed by atoms with E-state index in [4.69, 9.17) is 0 Å². The summed E-state index contributed by atoms with van der Waals surface area (Å²) in [7, 11) is 1.52. The average Bonchev–Trinajstić information content (AvgIpc) is 2.89. The Hall–Kier alpha value is -2.24. The van der Waals surface area contributed by atoms with Gasteiger partial charge in [0, 0.05) is 13.6 Å². The molecule has 0 aliphatic carbocycles. The van der Waals surface area contributed by atoms with Crippen molar-refractivity contribution in [2.24, 2.45) is 0 Å². The monoisotopic (exact) mass is 264 g/mol. The van der Waals surface area contributed by atoms with E-state index in [9.17, 15) is 19.8 Å². The fourth-order valence-electron chi connectivity index (χ4n) is 2.31. The molecule has 1 aromatic rings. The number of rotatable bonds is 2. The number of carbonyl (C=O) groups is 2. The predicted molar refractivity (Wildman–Crippen MR) is 67.9 cm³/mol. The molecule has 19 heavy (non-hydrogen) atoms. The highest BCUT2D eigenvalue weighted by molar-refractivity contribution is 6.00. The van der Waals surface area contributed by atoms with Gasteiger partial charge in [0.15, 0.2) is 11.5 Å². The van der Waals surface area contributed by atoms with E-state index in [-0.39, 0.29) is 17.2 Å². The molecule has 2 amide bonds. The fraction of sp³-hybridized carbons (Fsp3) is 0.385. The van der Waals surface area contributed by atoms with Crippen molar-refractivity contribution in [3.8, 4) is 11.5 Å². The number of likely N-dealkylation sites (N-methyl/N-ethyl adjacent to an activating group) is 1. The van der Waals surface area contributed by atoms with Crippen LogP contribution in [0.3, 0.4) is 0 Å². The van der Waals surface area contributed by atoms with Gasteiger partial charge in [-0.05, 0) is 25.0 Å². The van der Waals surface area contributed by atoms with Crippen molar-refractivity contribution in [2.75, 3.05) is 13.6 Å². The number of para-hydroxylation sites is 1. The molecule has 1 aliphatic heterocycles. The third-order valence-electron chi connectivity index (χ3n) is 3.31. The average molecular weight is 264 g/mol. The molecular formula is C13H16N2O4. The van der Waals surface area contributed by atoms with Gasteiger partial charge in [0.25, 0.3) is 5.91 Å². The normalized spacial score (nSPS) is 18.4. The molecule has 2 rings (SSSR count). The van der Waals surface area contributed by atoms with Crippen LogP contribution in [0.2, 0.25) is 0 Å². The highest BCUT2D eigenvalue weighted by Gasteiger charge is 2.35. The third kappa shape index (κ3) is 2.33. The van der Waals surface area contributed by atoms with Crippen molar-refractivity contribution in [1.82, 2.24) is 10.2 Å². The second-order valence-electron chi connectivity index (χ2n) is 4.44. The maximum Gasteiger partial charge on any atom is 0.258 e. The van der Waals surface area contributed by atoms with Crippen LogP contribution in [0, 0.1) is 0 Å². The van der Waals surface area contributed by atoms with Crippen molar-refractivity contribution < 1.29 is 19.8 Å². The number of phenols is 2. The van der Waals surface area contributed by atoms with Gasteiger partial charge in [0.05, 0.1) is 5.56 Å². The zero-order valence-corrected chi connectivity index (χ0v) is 10.6. The largest absolute Gasteiger partial charge is 0.504 e. The number of phenolic OH excluding ortho intramolecular Hbond substituents is 2. The maximum atomic E-state index is 12.3. The van der Waals surface area contributed by atoms with Gasteiger partial charge >= 0.3 is 0 Å². The summed E-state index contributed by atoms with van der Waals surface area (Å²) in [6.45, 7) is 0.464. The van der Waals surface area contributed by atoms with Crippen molar-refractivity contribution in [3.63, 3.8) is 0 Å². The van der Waals surface area contributed by atoms with E-state index in [0.29, 0.717) is 13.0 Å². The van der Waals surface area contributed by atoms with Crippen LogP contribution < -0.4 is 5.32 Å². The highest BCUT2D eigenvalue weighted by Crippen LogP contribution is 2.31. The van der Waals surface area contributed by atoms with Crippen molar-refractivity contribution in [3.05, 3.63) is 23.8 Å². The van der Waals surface area contributed by atoms with Crippen molar-refractivity contribution in [2.45, 2.75) is 18.9 Å². The summed E-state index contributed by atoms with van der Waals surface area (Å²) in [5.74, 6) is -1.46. The summed E-state index contributed by atoms with van der Waals surface area (Å²) in [6, 6.07) is 3.69. The van der Waals surface area contributed by atoms with Crippen LogP contribution in [0.5, 0.6) is 11.5 Å². The molecule has 1 aliphatic rings. The number of hydrogen-bond acceptors (Lipinski definition) is 4. The van der Waals surface area contributed by atoms with E-state index in [0.717, 1.165) is 6.42 Å². The van der Waals surface area contributed by atoms with Crippen LogP contribution in [-0.4, -0.2) is 46.6 Å². The Bertz CT molecular complexity index is 515. The molecule has 0 saturated carbocycles. The van der Waals surface area contributed by atoms with Crippen molar-refractivity contribution in [1.29, 1.82) is 0 Å². The van der Waals surface area contributed by atoms with E-state index in [1.54, 1.807) is 0 Å². The first-order chi connectivity index (χ1) is 9.06. The Morgan fingerprint density at radius 1 is 1.37 bits per heavy atom. The molecule has 1 fully saturated rings. The zero-order chi connectivity index (χ0) is 14.0. The summed E-state index contributed by atoms with van der Waals surface area (Å²) < 4.78 is 0. The van der Waals surface area contributed by atoms with Gasteiger partial charge in [-0.15, -0.1) is 0 Å². The second-order valence-corrected chi connectivity index (χ2v) is 4.44. The van der Waals surface area contributed by atoms with Gasteiger partial charge in [0.2, 0.25) is 5.91 Å². The number of likely N-dealkylation sites (tertiary alicyclic amines) is 1. The number of benzene rings is 1. The minimum atomic E-state index is -0.515. The lowest BCUT2D eigenvalue weighted by Crippen LogP contribution is -2.44. The molecule has 6 heteroatoms. The highest BCUT2D eigenvalue weighted by atomic mass is 16.3. The van der Waals surface area contributed by atoms with E-state index in [1.807, 2.05) is 0 Å². The van der Waals surface area contributed by atoms with Gasteiger partial charge in [-0.1, -0.05) is 6.07 Å². The summed E-state index contributed by atoms with van der Waals surface area (Å²) >= 11 is 0. The maximum absolute atomic E-state index is 12.3. The van der Waals surface area contributed by atoms with Crippen LogP contribution >= 0.6 is 0 Å². The predicted octanol–water partition coefficient (Wildman–Crippen LogP) is 0.448. The summed E-state index contributed by atoms with van der Waals surface area (Å²) in [5.41, 5.74) is 0.0100. The lowest BCUT2D eigenvalue weighted by Gasteiger charge is -2.23. The topological polar surface area (TPSA) is 89.9 Å². The number of aromatic hydroxyl groups is 2. The van der Waals surface area contributed by atoms with Gasteiger partial charge in [-0.25, -0.2) is 0 Å². The molecule has 1 aromatic carbocycles. The minimum Gasteiger partial charge on any atom is -0.504 e. The van der Waals surface area contributed by atoms with E-state index in [1.165, 1.54) is 30.1 Å². The number of nitrogens with zero attached hydrogens (tertiary/aromatic N) is 1. The van der Waals surface area contributed by atoms with E-state index in [2.05, 4.69) is 5.32 Å². The van der Waals surface area contributed by atoms with Gasteiger partial charge in [-0.3, -0.25) is 9.59 Å². The quantitative estimate of drug-likeness (QED) is 0.676. The molecule has 1 atom stereocenters. The van der Waals surface area contributed by atoms with Crippen LogP contribution in [0.25, 0.3) is 0 Å². The van der Waals surface area contributed by atoms with Crippen LogP contribution in [0.4, 0.5) is 0 Å². The number of nitrogens with one attached hydrogen (secondary N) is 1. The summed E-state index contributed by atoms with van der Waals surface area (Å²) in [5, 5.41) is 21.6. The molecule has 0 bridgehead atoms. The molecule has 0 spiro atoms. The molecular weight excluding hydrogens is 248 g/mol. The number of hydrogen-bond donors (Lipinski definition) is 3. The van der Waals surface area contributed by atoms with Gasteiger partial charge < -0.3 is 20.4 Å². The molecule has 1 saturated heterocycles. The smallest absolute Gasteiger partial charge is 0.258 e. The first-order valence-electron chi connectivity index (χ1n) is 6.09. The van der Waals surface area contributed by atoms with Crippen LogP contribution in [0.1, 0.15) is 23.2 Å². The van der Waals surface area contributed by atoms with Crippen molar-refractivity contribution >= 4 is 11.8 Å². The van der Waals surface area contributed by atoms with Gasteiger partial charge in [-0.2, -0.15) is 0 Å². The lowest BCUT2D eigenvalue weighted by molar-refractivity contribution is -0.124. The minimum absolute atomic E-state index is 0.0100. The summed E-state index contributed by atoms with van der Waals surface area (Å²) in [4.78, 5) is 25.4. The van der Waals surface area contributed by atoms with E-state index >= 15 is 0 Å². The zero-order valence-electron chi connectivity index (χ0n) is 10.6. The Morgan fingerprint density at radius 2 is 2.11 bits per heavy atom.